The third kappa shape index (κ3) is 3.33. The van der Waals surface area contributed by atoms with E-state index in [1.165, 1.54) is 31.4 Å². The molecule has 1 saturated heterocycles. The number of ketones is 1. The molecule has 1 fully saturated rings. The van der Waals surface area contributed by atoms with E-state index < -0.39 is 0 Å². The highest BCUT2D eigenvalue weighted by Gasteiger charge is 2.10. The average molecular weight is 242 g/mol. The molecule has 0 atom stereocenters. The van der Waals surface area contributed by atoms with Crippen molar-refractivity contribution in [1.82, 2.24) is 0 Å². The summed E-state index contributed by atoms with van der Waals surface area (Å²) in [6.45, 7) is 2.24. The first kappa shape index (κ1) is 12.6. The van der Waals surface area contributed by atoms with E-state index in [0.717, 1.165) is 18.7 Å². The normalized spacial score (nSPS) is 15.8. The summed E-state index contributed by atoms with van der Waals surface area (Å²) >= 11 is 0. The third-order valence-electron chi connectivity index (χ3n) is 3.40. The second-order valence-electron chi connectivity index (χ2n) is 4.78. The van der Waals surface area contributed by atoms with Crippen molar-refractivity contribution in [3.8, 4) is 6.07 Å². The summed E-state index contributed by atoms with van der Waals surface area (Å²) in [7, 11) is 0. The van der Waals surface area contributed by atoms with Crippen LogP contribution < -0.4 is 4.90 Å². The maximum atomic E-state index is 11.0. The Morgan fingerprint density at radius 2 is 1.72 bits per heavy atom. The molecule has 1 aliphatic heterocycles. The standard InChI is InChI=1S/C15H18N2O/c16-12-15(18)11-13-5-7-14(8-6-13)17-9-3-1-2-4-10-17/h5-8H,1-4,9-11H2. The van der Waals surface area contributed by atoms with Gasteiger partial charge in [0, 0.05) is 25.2 Å². The van der Waals surface area contributed by atoms with Gasteiger partial charge in [0.1, 0.15) is 6.07 Å². The predicted molar refractivity (Wildman–Crippen MR) is 71.4 cm³/mol. The van der Waals surface area contributed by atoms with Crippen LogP contribution in [0.5, 0.6) is 0 Å². The largest absolute Gasteiger partial charge is 0.372 e. The van der Waals surface area contributed by atoms with Crippen molar-refractivity contribution in [3.05, 3.63) is 29.8 Å². The lowest BCUT2D eigenvalue weighted by atomic mass is 10.1. The van der Waals surface area contributed by atoms with E-state index in [2.05, 4.69) is 17.0 Å². The molecule has 0 saturated carbocycles. The summed E-state index contributed by atoms with van der Waals surface area (Å²) in [6.07, 6.45) is 5.39. The van der Waals surface area contributed by atoms with E-state index in [4.69, 9.17) is 5.26 Å². The van der Waals surface area contributed by atoms with Crippen molar-refractivity contribution in [3.63, 3.8) is 0 Å². The van der Waals surface area contributed by atoms with Crippen LogP contribution in [0.1, 0.15) is 31.2 Å². The summed E-state index contributed by atoms with van der Waals surface area (Å²) in [5, 5.41) is 8.48. The number of carbonyl (C=O) groups excluding carboxylic acids is 1. The highest BCUT2D eigenvalue weighted by atomic mass is 16.1. The highest BCUT2D eigenvalue weighted by Crippen LogP contribution is 2.20. The molecule has 0 radical (unpaired) electrons. The fourth-order valence-electron chi connectivity index (χ4n) is 2.38. The topological polar surface area (TPSA) is 44.1 Å². The maximum absolute atomic E-state index is 11.0. The Bertz CT molecular complexity index is 437. The van der Waals surface area contributed by atoms with Gasteiger partial charge in [0.25, 0.3) is 0 Å². The average Bonchev–Trinajstić information content (AvgIpc) is 2.68. The minimum atomic E-state index is -0.377. The van der Waals surface area contributed by atoms with E-state index in [0.29, 0.717) is 0 Å². The van der Waals surface area contributed by atoms with Gasteiger partial charge >= 0.3 is 0 Å². The Hall–Kier alpha value is -1.82. The van der Waals surface area contributed by atoms with Crippen LogP contribution in [0.4, 0.5) is 5.69 Å². The molecule has 0 aliphatic carbocycles. The number of hydrogen-bond acceptors (Lipinski definition) is 3. The molecule has 0 amide bonds. The van der Waals surface area contributed by atoms with Crippen molar-refractivity contribution in [1.29, 1.82) is 5.26 Å². The maximum Gasteiger partial charge on any atom is 0.236 e. The first-order chi connectivity index (χ1) is 8.79. The molecular weight excluding hydrogens is 224 g/mol. The molecule has 94 valence electrons. The van der Waals surface area contributed by atoms with E-state index in [1.54, 1.807) is 6.07 Å². The van der Waals surface area contributed by atoms with Gasteiger partial charge in [-0.15, -0.1) is 0 Å². The smallest absolute Gasteiger partial charge is 0.236 e. The lowest BCUT2D eigenvalue weighted by molar-refractivity contribution is -0.113. The number of benzene rings is 1. The van der Waals surface area contributed by atoms with Gasteiger partial charge in [-0.1, -0.05) is 25.0 Å². The molecule has 18 heavy (non-hydrogen) atoms. The number of Topliss-reactive ketones (excluding diaryl/α,β-unsaturated/α-hetero) is 1. The number of hydrogen-bond donors (Lipinski definition) is 0. The summed E-state index contributed by atoms with van der Waals surface area (Å²) in [5.74, 6) is -0.377. The quantitative estimate of drug-likeness (QED) is 0.765. The number of nitriles is 1. The van der Waals surface area contributed by atoms with Gasteiger partial charge in [-0.2, -0.15) is 5.26 Å². The second kappa shape index (κ2) is 6.20. The van der Waals surface area contributed by atoms with E-state index in [9.17, 15) is 4.79 Å². The van der Waals surface area contributed by atoms with Crippen LogP contribution in [0, 0.1) is 11.3 Å². The second-order valence-corrected chi connectivity index (χ2v) is 4.78. The first-order valence-electron chi connectivity index (χ1n) is 6.56. The van der Waals surface area contributed by atoms with Crippen LogP contribution in [0.25, 0.3) is 0 Å². The fourth-order valence-corrected chi connectivity index (χ4v) is 2.38. The number of anilines is 1. The Balaban J connectivity index is 2.02. The van der Waals surface area contributed by atoms with Gasteiger partial charge in [0.05, 0.1) is 0 Å². The zero-order valence-corrected chi connectivity index (χ0v) is 10.6. The van der Waals surface area contributed by atoms with Crippen LogP contribution >= 0.6 is 0 Å². The van der Waals surface area contributed by atoms with Crippen LogP contribution in [0.3, 0.4) is 0 Å². The zero-order chi connectivity index (χ0) is 12.8. The van der Waals surface area contributed by atoms with Crippen LogP contribution in [0.15, 0.2) is 24.3 Å². The SMILES string of the molecule is N#CC(=O)Cc1ccc(N2CCCCCC2)cc1. The molecule has 1 aromatic carbocycles. The number of nitrogens with zero attached hydrogens (tertiary/aromatic N) is 2. The number of carbonyl (C=O) groups is 1. The van der Waals surface area contributed by atoms with Gasteiger partial charge in [0.15, 0.2) is 0 Å². The minimum Gasteiger partial charge on any atom is -0.372 e. The van der Waals surface area contributed by atoms with Gasteiger partial charge in [0.2, 0.25) is 5.78 Å². The van der Waals surface area contributed by atoms with Crippen molar-refractivity contribution < 1.29 is 4.79 Å². The summed E-state index contributed by atoms with van der Waals surface area (Å²) in [6, 6.07) is 9.68. The monoisotopic (exact) mass is 242 g/mol. The molecule has 3 heteroatoms. The summed E-state index contributed by atoms with van der Waals surface area (Å²) in [5.41, 5.74) is 2.14. The van der Waals surface area contributed by atoms with Crippen molar-refractivity contribution in [2.45, 2.75) is 32.1 Å². The molecule has 0 bridgehead atoms. The van der Waals surface area contributed by atoms with Crippen molar-refractivity contribution in [2.24, 2.45) is 0 Å². The summed E-state index contributed by atoms with van der Waals surface area (Å²) < 4.78 is 0. The lowest BCUT2D eigenvalue weighted by Crippen LogP contribution is -2.23. The van der Waals surface area contributed by atoms with Crippen molar-refractivity contribution in [2.75, 3.05) is 18.0 Å². The molecule has 1 aliphatic rings. The lowest BCUT2D eigenvalue weighted by Gasteiger charge is -2.22. The molecule has 0 N–H and O–H groups in total. The van der Waals surface area contributed by atoms with Crippen molar-refractivity contribution >= 4 is 11.5 Å². The molecule has 1 aromatic rings. The van der Waals surface area contributed by atoms with Crippen LogP contribution in [-0.2, 0) is 11.2 Å². The van der Waals surface area contributed by atoms with E-state index >= 15 is 0 Å². The third-order valence-corrected chi connectivity index (χ3v) is 3.40. The Morgan fingerprint density at radius 3 is 2.28 bits per heavy atom. The van der Waals surface area contributed by atoms with Gasteiger partial charge in [-0.05, 0) is 30.5 Å². The first-order valence-corrected chi connectivity index (χ1v) is 6.56. The molecular formula is C15H18N2O. The molecule has 0 aromatic heterocycles. The van der Waals surface area contributed by atoms with Crippen LogP contribution in [0.2, 0.25) is 0 Å². The number of rotatable bonds is 3. The molecule has 0 unspecified atom stereocenters. The van der Waals surface area contributed by atoms with E-state index in [1.807, 2.05) is 12.1 Å². The van der Waals surface area contributed by atoms with E-state index in [-0.39, 0.29) is 12.2 Å². The fraction of sp³-hybridized carbons (Fsp3) is 0.467. The Labute approximate surface area is 108 Å². The van der Waals surface area contributed by atoms with Gasteiger partial charge in [-0.3, -0.25) is 4.79 Å². The zero-order valence-electron chi connectivity index (χ0n) is 10.6. The predicted octanol–water partition coefficient (Wildman–Crippen LogP) is 2.70. The molecule has 0 spiro atoms. The highest BCUT2D eigenvalue weighted by molar-refractivity contribution is 5.94. The summed E-state index contributed by atoms with van der Waals surface area (Å²) in [4.78, 5) is 13.4. The van der Waals surface area contributed by atoms with Gasteiger partial charge in [-0.25, -0.2) is 0 Å². The Morgan fingerprint density at radius 1 is 1.11 bits per heavy atom. The minimum absolute atomic E-state index is 0.219. The molecule has 2 rings (SSSR count). The Kier molecular flexibility index (Phi) is 4.35. The molecule has 3 nitrogen and oxygen atoms in total. The van der Waals surface area contributed by atoms with Crippen LogP contribution in [-0.4, -0.2) is 18.9 Å². The van der Waals surface area contributed by atoms with Gasteiger partial charge < -0.3 is 4.90 Å². The molecule has 1 heterocycles.